The Bertz CT molecular complexity index is 375. The summed E-state index contributed by atoms with van der Waals surface area (Å²) in [5, 5.41) is 10.5. The Morgan fingerprint density at radius 3 is 2.74 bits per heavy atom. The summed E-state index contributed by atoms with van der Waals surface area (Å²) in [6.07, 6.45) is 0. The highest BCUT2D eigenvalue weighted by Gasteiger charge is 2.22. The van der Waals surface area contributed by atoms with E-state index < -0.39 is 0 Å². The van der Waals surface area contributed by atoms with Gasteiger partial charge in [-0.25, -0.2) is 0 Å². The molecule has 1 aliphatic heterocycles. The van der Waals surface area contributed by atoms with Crippen molar-refractivity contribution in [1.29, 1.82) is 0 Å². The van der Waals surface area contributed by atoms with Crippen LogP contribution >= 0.6 is 11.3 Å². The molecule has 1 aromatic rings. The molecule has 5 nitrogen and oxygen atoms in total. The summed E-state index contributed by atoms with van der Waals surface area (Å²) in [6.45, 7) is 5.30. The van der Waals surface area contributed by atoms with Gasteiger partial charge < -0.3 is 14.7 Å². The van der Waals surface area contributed by atoms with E-state index in [1.807, 2.05) is 22.4 Å². The van der Waals surface area contributed by atoms with Gasteiger partial charge in [0.1, 0.15) is 0 Å². The smallest absolute Gasteiger partial charge is 0.264 e. The molecule has 2 heterocycles. The van der Waals surface area contributed by atoms with Crippen LogP contribution in [0.25, 0.3) is 0 Å². The van der Waals surface area contributed by atoms with Crippen molar-refractivity contribution in [1.82, 2.24) is 9.80 Å². The van der Waals surface area contributed by atoms with E-state index in [9.17, 15) is 4.79 Å². The van der Waals surface area contributed by atoms with Gasteiger partial charge in [0, 0.05) is 32.7 Å². The SMILES string of the molecule is O=C(c1cccs1)N1CCN(CCOCCO)CC1. The van der Waals surface area contributed by atoms with Gasteiger partial charge in [0.2, 0.25) is 0 Å². The second kappa shape index (κ2) is 7.59. The standard InChI is InChI=1S/C13H20N2O3S/c16-8-10-18-9-7-14-3-5-15(6-4-14)13(17)12-2-1-11-19-12/h1-2,11,16H,3-10H2. The van der Waals surface area contributed by atoms with Crippen LogP contribution in [0.2, 0.25) is 0 Å². The summed E-state index contributed by atoms with van der Waals surface area (Å²) in [5.74, 6) is 0.145. The first-order valence-electron chi connectivity index (χ1n) is 6.55. The molecule has 106 valence electrons. The predicted octanol–water partition coefficient (Wildman–Crippen LogP) is 0.515. The Kier molecular flexibility index (Phi) is 5.78. The van der Waals surface area contributed by atoms with Gasteiger partial charge in [-0.1, -0.05) is 6.07 Å². The number of hydrogen-bond acceptors (Lipinski definition) is 5. The van der Waals surface area contributed by atoms with Gasteiger partial charge >= 0.3 is 0 Å². The average molecular weight is 284 g/mol. The Balaban J connectivity index is 1.69. The largest absolute Gasteiger partial charge is 0.394 e. The summed E-state index contributed by atoms with van der Waals surface area (Å²) >= 11 is 1.50. The minimum atomic E-state index is 0.0725. The molecule has 1 aliphatic rings. The molecular formula is C13H20N2O3S. The molecule has 0 saturated carbocycles. The minimum Gasteiger partial charge on any atom is -0.394 e. The first kappa shape index (κ1) is 14.5. The lowest BCUT2D eigenvalue weighted by Crippen LogP contribution is -2.49. The Hall–Kier alpha value is -0.950. The first-order valence-corrected chi connectivity index (χ1v) is 7.43. The van der Waals surface area contributed by atoms with Crippen molar-refractivity contribution in [3.63, 3.8) is 0 Å². The summed E-state index contributed by atoms with van der Waals surface area (Å²) in [7, 11) is 0. The molecule has 1 N–H and O–H groups in total. The topological polar surface area (TPSA) is 53.0 Å². The van der Waals surface area contributed by atoms with Crippen LogP contribution in [-0.4, -0.2) is 73.4 Å². The van der Waals surface area contributed by atoms with E-state index in [4.69, 9.17) is 9.84 Å². The number of nitrogens with zero attached hydrogens (tertiary/aromatic N) is 2. The van der Waals surface area contributed by atoms with Crippen LogP contribution in [0.5, 0.6) is 0 Å². The second-order valence-corrected chi connectivity index (χ2v) is 5.39. The number of thiophene rings is 1. The number of hydrogen-bond donors (Lipinski definition) is 1. The van der Waals surface area contributed by atoms with E-state index in [1.54, 1.807) is 0 Å². The van der Waals surface area contributed by atoms with Crippen LogP contribution in [-0.2, 0) is 4.74 Å². The highest BCUT2D eigenvalue weighted by atomic mass is 32.1. The highest BCUT2D eigenvalue weighted by Crippen LogP contribution is 2.13. The number of carbonyl (C=O) groups excluding carboxylic acids is 1. The molecule has 1 fully saturated rings. The normalized spacial score (nSPS) is 16.8. The minimum absolute atomic E-state index is 0.0725. The molecule has 0 bridgehead atoms. The number of piperazine rings is 1. The number of carbonyl (C=O) groups is 1. The lowest BCUT2D eigenvalue weighted by molar-refractivity contribution is 0.0489. The van der Waals surface area contributed by atoms with Crippen molar-refractivity contribution in [3.05, 3.63) is 22.4 Å². The monoisotopic (exact) mass is 284 g/mol. The third-order valence-electron chi connectivity index (χ3n) is 3.18. The maximum atomic E-state index is 12.1. The lowest BCUT2D eigenvalue weighted by atomic mass is 10.3. The molecular weight excluding hydrogens is 264 g/mol. The predicted molar refractivity (Wildman–Crippen MR) is 74.6 cm³/mol. The van der Waals surface area contributed by atoms with Gasteiger partial charge in [0.15, 0.2) is 0 Å². The molecule has 1 amide bonds. The Morgan fingerprint density at radius 2 is 2.11 bits per heavy atom. The Morgan fingerprint density at radius 1 is 1.32 bits per heavy atom. The van der Waals surface area contributed by atoms with Crippen molar-refractivity contribution in [2.75, 3.05) is 52.5 Å². The third-order valence-corrected chi connectivity index (χ3v) is 4.04. The number of aliphatic hydroxyl groups is 1. The van der Waals surface area contributed by atoms with E-state index in [2.05, 4.69) is 4.90 Å². The second-order valence-electron chi connectivity index (χ2n) is 4.45. The molecule has 1 saturated heterocycles. The molecule has 0 radical (unpaired) electrons. The van der Waals surface area contributed by atoms with Crippen molar-refractivity contribution < 1.29 is 14.6 Å². The van der Waals surface area contributed by atoms with E-state index in [0.29, 0.717) is 13.2 Å². The number of ether oxygens (including phenoxy) is 1. The van der Waals surface area contributed by atoms with Gasteiger partial charge in [-0.2, -0.15) is 0 Å². The molecule has 0 unspecified atom stereocenters. The van der Waals surface area contributed by atoms with Crippen molar-refractivity contribution in [3.8, 4) is 0 Å². The van der Waals surface area contributed by atoms with E-state index in [0.717, 1.165) is 37.6 Å². The fourth-order valence-electron chi connectivity index (χ4n) is 2.09. The van der Waals surface area contributed by atoms with Gasteiger partial charge in [-0.3, -0.25) is 9.69 Å². The van der Waals surface area contributed by atoms with Crippen LogP contribution in [0.1, 0.15) is 9.67 Å². The fourth-order valence-corrected chi connectivity index (χ4v) is 2.78. The molecule has 0 aromatic carbocycles. The van der Waals surface area contributed by atoms with Gasteiger partial charge in [-0.05, 0) is 11.4 Å². The Labute approximate surface area is 117 Å². The molecule has 2 rings (SSSR count). The van der Waals surface area contributed by atoms with Gasteiger partial charge in [0.05, 0.1) is 24.7 Å². The summed E-state index contributed by atoms with van der Waals surface area (Å²) in [4.78, 5) is 17.2. The zero-order chi connectivity index (χ0) is 13.5. The quantitative estimate of drug-likeness (QED) is 0.774. The zero-order valence-electron chi connectivity index (χ0n) is 11.0. The van der Waals surface area contributed by atoms with E-state index >= 15 is 0 Å². The summed E-state index contributed by atoms with van der Waals surface area (Å²) in [5.41, 5.74) is 0. The molecule has 19 heavy (non-hydrogen) atoms. The molecule has 6 heteroatoms. The fraction of sp³-hybridized carbons (Fsp3) is 0.615. The number of rotatable bonds is 6. The van der Waals surface area contributed by atoms with Gasteiger partial charge in [-0.15, -0.1) is 11.3 Å². The maximum absolute atomic E-state index is 12.1. The van der Waals surface area contributed by atoms with Crippen molar-refractivity contribution in [2.45, 2.75) is 0 Å². The highest BCUT2D eigenvalue weighted by molar-refractivity contribution is 7.12. The average Bonchev–Trinajstić information content (AvgIpc) is 2.98. The van der Waals surface area contributed by atoms with Crippen LogP contribution in [0.3, 0.4) is 0 Å². The number of aliphatic hydroxyl groups excluding tert-OH is 1. The lowest BCUT2D eigenvalue weighted by Gasteiger charge is -2.34. The van der Waals surface area contributed by atoms with Crippen LogP contribution in [0.4, 0.5) is 0 Å². The maximum Gasteiger partial charge on any atom is 0.264 e. The molecule has 0 atom stereocenters. The number of amides is 1. The van der Waals surface area contributed by atoms with E-state index in [1.165, 1.54) is 11.3 Å². The zero-order valence-corrected chi connectivity index (χ0v) is 11.8. The molecule has 0 aliphatic carbocycles. The van der Waals surface area contributed by atoms with Crippen LogP contribution in [0.15, 0.2) is 17.5 Å². The summed E-state index contributed by atoms with van der Waals surface area (Å²) in [6, 6.07) is 3.79. The molecule has 1 aromatic heterocycles. The van der Waals surface area contributed by atoms with Crippen molar-refractivity contribution in [2.24, 2.45) is 0 Å². The third kappa shape index (κ3) is 4.28. The molecule has 0 spiro atoms. The summed E-state index contributed by atoms with van der Waals surface area (Å²) < 4.78 is 5.25. The first-order chi connectivity index (χ1) is 9.31. The van der Waals surface area contributed by atoms with E-state index in [-0.39, 0.29) is 12.5 Å². The van der Waals surface area contributed by atoms with Crippen LogP contribution < -0.4 is 0 Å². The van der Waals surface area contributed by atoms with Gasteiger partial charge in [0.25, 0.3) is 5.91 Å². The van der Waals surface area contributed by atoms with Crippen LogP contribution in [0, 0.1) is 0 Å². The van der Waals surface area contributed by atoms with Crippen molar-refractivity contribution >= 4 is 17.2 Å².